The van der Waals surface area contributed by atoms with Crippen molar-refractivity contribution in [3.8, 4) is 0 Å². The summed E-state index contributed by atoms with van der Waals surface area (Å²) in [4.78, 5) is 13.2. The van der Waals surface area contributed by atoms with Crippen molar-refractivity contribution in [1.29, 1.82) is 0 Å². The van der Waals surface area contributed by atoms with Crippen molar-refractivity contribution < 1.29 is 9.90 Å². The molecule has 1 saturated heterocycles. The number of rotatable bonds is 2. The molecule has 0 atom stereocenters. The van der Waals surface area contributed by atoms with Crippen LogP contribution in [0.25, 0.3) is 0 Å². The van der Waals surface area contributed by atoms with Crippen LogP contribution >= 0.6 is 11.6 Å². The first-order chi connectivity index (χ1) is 7.70. The van der Waals surface area contributed by atoms with Gasteiger partial charge in [-0.25, -0.2) is 4.79 Å². The van der Waals surface area contributed by atoms with Crippen LogP contribution in [0.4, 0.5) is 5.69 Å². The molecule has 0 radical (unpaired) electrons. The first kappa shape index (κ1) is 11.3. The molecule has 1 aliphatic heterocycles. The lowest BCUT2D eigenvalue weighted by Gasteiger charge is -2.30. The van der Waals surface area contributed by atoms with Crippen LogP contribution in [-0.4, -0.2) is 24.2 Å². The zero-order valence-corrected chi connectivity index (χ0v) is 9.70. The summed E-state index contributed by atoms with van der Waals surface area (Å²) in [6.07, 6.45) is 3.41. The van der Waals surface area contributed by atoms with Crippen molar-refractivity contribution in [1.82, 2.24) is 0 Å². The van der Waals surface area contributed by atoms with Crippen molar-refractivity contribution in [3.05, 3.63) is 28.8 Å². The number of carboxylic acids is 1. The average Bonchev–Trinajstić information content (AvgIpc) is 2.29. The molecule has 1 N–H and O–H groups in total. The summed E-state index contributed by atoms with van der Waals surface area (Å²) < 4.78 is 0. The molecule has 0 unspecified atom stereocenters. The first-order valence-electron chi connectivity index (χ1n) is 5.47. The van der Waals surface area contributed by atoms with Gasteiger partial charge in [0.1, 0.15) is 0 Å². The Labute approximate surface area is 99.6 Å². The van der Waals surface area contributed by atoms with E-state index in [-0.39, 0.29) is 0 Å². The summed E-state index contributed by atoms with van der Waals surface area (Å²) in [5.41, 5.74) is 0.978. The Hall–Kier alpha value is -1.22. The fraction of sp³-hybridized carbons (Fsp3) is 0.417. The Kier molecular flexibility index (Phi) is 3.34. The van der Waals surface area contributed by atoms with E-state index in [4.69, 9.17) is 16.7 Å². The number of anilines is 1. The Balaban J connectivity index is 2.40. The largest absolute Gasteiger partial charge is 0.478 e. The Morgan fingerprint density at radius 3 is 2.56 bits per heavy atom. The number of piperidine rings is 1. The van der Waals surface area contributed by atoms with Crippen molar-refractivity contribution in [2.24, 2.45) is 0 Å². The second-order valence-electron chi connectivity index (χ2n) is 3.99. The maximum atomic E-state index is 11.1. The number of carbonyl (C=O) groups is 1. The third-order valence-electron chi connectivity index (χ3n) is 2.89. The molecular weight excluding hydrogens is 226 g/mol. The highest BCUT2D eigenvalue weighted by Crippen LogP contribution is 2.31. The second-order valence-corrected chi connectivity index (χ2v) is 4.40. The van der Waals surface area contributed by atoms with E-state index in [1.807, 2.05) is 0 Å². The van der Waals surface area contributed by atoms with E-state index in [0.717, 1.165) is 25.9 Å². The van der Waals surface area contributed by atoms with Gasteiger partial charge in [0, 0.05) is 13.1 Å². The molecule has 4 heteroatoms. The normalized spacial score (nSPS) is 16.2. The molecule has 0 saturated carbocycles. The summed E-state index contributed by atoms with van der Waals surface area (Å²) in [6.45, 7) is 1.79. The number of aromatic carboxylic acids is 1. The maximum absolute atomic E-state index is 11.1. The molecule has 1 heterocycles. The number of benzene rings is 1. The van der Waals surface area contributed by atoms with E-state index >= 15 is 0 Å². The lowest BCUT2D eigenvalue weighted by Crippen LogP contribution is -2.31. The fourth-order valence-electron chi connectivity index (χ4n) is 2.13. The zero-order chi connectivity index (χ0) is 11.5. The second kappa shape index (κ2) is 4.74. The molecule has 1 aromatic rings. The predicted molar refractivity (Wildman–Crippen MR) is 64.5 cm³/mol. The number of para-hydroxylation sites is 1. The van der Waals surface area contributed by atoms with Gasteiger partial charge in [-0.1, -0.05) is 17.7 Å². The van der Waals surface area contributed by atoms with Gasteiger partial charge in [0.25, 0.3) is 0 Å². The number of carboxylic acid groups (broad SMARTS) is 1. The van der Waals surface area contributed by atoms with Crippen LogP contribution in [0.5, 0.6) is 0 Å². The summed E-state index contributed by atoms with van der Waals surface area (Å²) in [5, 5.41) is 9.66. The van der Waals surface area contributed by atoms with Gasteiger partial charge in [-0.15, -0.1) is 0 Å². The van der Waals surface area contributed by atoms with E-state index in [0.29, 0.717) is 16.3 Å². The van der Waals surface area contributed by atoms with Crippen LogP contribution in [0.2, 0.25) is 5.02 Å². The van der Waals surface area contributed by atoms with E-state index in [1.54, 1.807) is 18.2 Å². The molecule has 16 heavy (non-hydrogen) atoms. The van der Waals surface area contributed by atoms with Crippen molar-refractivity contribution in [2.75, 3.05) is 18.0 Å². The molecule has 0 amide bonds. The minimum Gasteiger partial charge on any atom is -0.478 e. The van der Waals surface area contributed by atoms with Gasteiger partial charge in [-0.05, 0) is 31.4 Å². The van der Waals surface area contributed by atoms with Gasteiger partial charge in [0.05, 0.1) is 16.3 Å². The number of hydrogen-bond acceptors (Lipinski definition) is 2. The highest BCUT2D eigenvalue weighted by Gasteiger charge is 2.20. The molecule has 86 valence electrons. The lowest BCUT2D eigenvalue weighted by molar-refractivity contribution is 0.0697. The lowest BCUT2D eigenvalue weighted by atomic mass is 10.1. The van der Waals surface area contributed by atoms with E-state index in [9.17, 15) is 4.79 Å². The fourth-order valence-corrected chi connectivity index (χ4v) is 2.42. The van der Waals surface area contributed by atoms with Gasteiger partial charge >= 0.3 is 5.97 Å². The number of hydrogen-bond donors (Lipinski definition) is 1. The smallest absolute Gasteiger partial charge is 0.337 e. The molecule has 1 fully saturated rings. The molecular formula is C12H14ClNO2. The first-order valence-corrected chi connectivity index (χ1v) is 5.84. The summed E-state index contributed by atoms with van der Waals surface area (Å²) >= 11 is 6.10. The topological polar surface area (TPSA) is 40.5 Å². The SMILES string of the molecule is O=C(O)c1cccc(Cl)c1N1CCCCC1. The number of halogens is 1. The third-order valence-corrected chi connectivity index (χ3v) is 3.19. The minimum atomic E-state index is -0.914. The Morgan fingerprint density at radius 2 is 1.94 bits per heavy atom. The van der Waals surface area contributed by atoms with Gasteiger partial charge < -0.3 is 10.0 Å². The highest BCUT2D eigenvalue weighted by atomic mass is 35.5. The van der Waals surface area contributed by atoms with Gasteiger partial charge in [0.2, 0.25) is 0 Å². The van der Waals surface area contributed by atoms with Crippen molar-refractivity contribution in [3.63, 3.8) is 0 Å². The minimum absolute atomic E-state index is 0.300. The third kappa shape index (κ3) is 2.14. The van der Waals surface area contributed by atoms with Crippen LogP contribution in [0.15, 0.2) is 18.2 Å². The van der Waals surface area contributed by atoms with Crippen molar-refractivity contribution in [2.45, 2.75) is 19.3 Å². The Bertz CT molecular complexity index is 400. The van der Waals surface area contributed by atoms with Crippen LogP contribution in [0.3, 0.4) is 0 Å². The summed E-state index contributed by atoms with van der Waals surface area (Å²) in [6, 6.07) is 5.04. The quantitative estimate of drug-likeness (QED) is 0.863. The van der Waals surface area contributed by atoms with E-state index < -0.39 is 5.97 Å². The van der Waals surface area contributed by atoms with E-state index in [1.165, 1.54) is 6.42 Å². The standard InChI is InChI=1S/C12H14ClNO2/c13-10-6-4-5-9(12(15)16)11(10)14-7-2-1-3-8-14/h4-6H,1-3,7-8H2,(H,15,16). The predicted octanol–water partition coefficient (Wildman–Crippen LogP) is 3.03. The van der Waals surface area contributed by atoms with Crippen LogP contribution in [0.1, 0.15) is 29.6 Å². The molecule has 1 aliphatic rings. The molecule has 0 aromatic heterocycles. The van der Waals surface area contributed by atoms with Crippen LogP contribution in [0, 0.1) is 0 Å². The Morgan fingerprint density at radius 1 is 1.25 bits per heavy atom. The monoisotopic (exact) mass is 239 g/mol. The molecule has 0 aliphatic carbocycles. The molecule has 3 nitrogen and oxygen atoms in total. The van der Waals surface area contributed by atoms with Crippen LogP contribution in [-0.2, 0) is 0 Å². The number of nitrogens with zero attached hydrogens (tertiary/aromatic N) is 1. The van der Waals surface area contributed by atoms with Crippen LogP contribution < -0.4 is 4.90 Å². The van der Waals surface area contributed by atoms with Gasteiger partial charge in [-0.3, -0.25) is 0 Å². The van der Waals surface area contributed by atoms with Crippen molar-refractivity contribution >= 4 is 23.3 Å². The van der Waals surface area contributed by atoms with E-state index in [2.05, 4.69) is 4.90 Å². The van der Waals surface area contributed by atoms with Gasteiger partial charge in [-0.2, -0.15) is 0 Å². The summed E-state index contributed by atoms with van der Waals surface area (Å²) in [5.74, 6) is -0.914. The van der Waals surface area contributed by atoms with Gasteiger partial charge in [0.15, 0.2) is 0 Å². The summed E-state index contributed by atoms with van der Waals surface area (Å²) in [7, 11) is 0. The average molecular weight is 240 g/mol. The molecule has 2 rings (SSSR count). The zero-order valence-electron chi connectivity index (χ0n) is 8.95. The maximum Gasteiger partial charge on any atom is 0.337 e. The molecule has 0 bridgehead atoms. The highest BCUT2D eigenvalue weighted by molar-refractivity contribution is 6.34. The molecule has 1 aromatic carbocycles. The molecule has 0 spiro atoms.